The Labute approximate surface area is 89.6 Å². The van der Waals surface area contributed by atoms with Crippen LogP contribution in [-0.2, 0) is 0 Å². The Balaban J connectivity index is 2.27. The summed E-state index contributed by atoms with van der Waals surface area (Å²) < 4.78 is 1.81. The van der Waals surface area contributed by atoms with Gasteiger partial charge in [0.2, 0.25) is 0 Å². The number of aromatic nitrogens is 2. The molecule has 0 aromatic carbocycles. The lowest BCUT2D eigenvalue weighted by atomic mass is 9.74. The fourth-order valence-corrected chi connectivity index (χ4v) is 2.42. The van der Waals surface area contributed by atoms with Gasteiger partial charge in [-0.3, -0.25) is 4.57 Å². The van der Waals surface area contributed by atoms with E-state index in [0.29, 0.717) is 0 Å². The van der Waals surface area contributed by atoms with E-state index in [0.717, 1.165) is 18.7 Å². The van der Waals surface area contributed by atoms with Crippen LogP contribution in [-0.4, -0.2) is 20.6 Å². The minimum Gasteiger partial charge on any atom is -0.409 e. The Kier molecular flexibility index (Phi) is 2.75. The van der Waals surface area contributed by atoms with Gasteiger partial charge in [0.1, 0.15) is 6.33 Å². The molecule has 0 spiro atoms. The molecule has 1 aliphatic rings. The van der Waals surface area contributed by atoms with E-state index in [-0.39, 0.29) is 5.41 Å². The van der Waals surface area contributed by atoms with Crippen molar-refractivity contribution in [3.8, 4) is 0 Å². The summed E-state index contributed by atoms with van der Waals surface area (Å²) >= 11 is 0. The maximum absolute atomic E-state index is 9.15. The Morgan fingerprint density at radius 2 is 2.13 bits per heavy atom. The third-order valence-corrected chi connectivity index (χ3v) is 3.34. The summed E-state index contributed by atoms with van der Waals surface area (Å²) in [7, 11) is 0. The SMILES string of the molecule is CC1(/C(=N/O)n2ccnc2)CCCCC1. The van der Waals surface area contributed by atoms with Crippen LogP contribution in [0.2, 0.25) is 0 Å². The predicted octanol–water partition coefficient (Wildman–Crippen LogP) is 2.49. The van der Waals surface area contributed by atoms with E-state index in [9.17, 15) is 0 Å². The second-order valence-electron chi connectivity index (χ2n) is 4.51. The average Bonchev–Trinajstić information content (AvgIpc) is 2.73. The van der Waals surface area contributed by atoms with Crippen LogP contribution in [0, 0.1) is 5.41 Å². The number of imidazole rings is 1. The first-order valence-corrected chi connectivity index (χ1v) is 5.47. The first-order valence-electron chi connectivity index (χ1n) is 5.47. The molecule has 2 rings (SSSR count). The predicted molar refractivity (Wildman–Crippen MR) is 58.0 cm³/mol. The van der Waals surface area contributed by atoms with Gasteiger partial charge in [0.25, 0.3) is 0 Å². The van der Waals surface area contributed by atoms with E-state index in [1.165, 1.54) is 19.3 Å². The molecule has 1 N–H and O–H groups in total. The lowest BCUT2D eigenvalue weighted by Crippen LogP contribution is -2.34. The van der Waals surface area contributed by atoms with Gasteiger partial charge >= 0.3 is 0 Å². The van der Waals surface area contributed by atoms with Crippen LogP contribution in [0.25, 0.3) is 0 Å². The minimum absolute atomic E-state index is 0.00625. The van der Waals surface area contributed by atoms with Crippen molar-refractivity contribution in [3.05, 3.63) is 18.7 Å². The number of oxime groups is 1. The molecule has 0 saturated heterocycles. The van der Waals surface area contributed by atoms with Crippen LogP contribution in [0.5, 0.6) is 0 Å². The molecule has 0 aliphatic heterocycles. The molecule has 1 fully saturated rings. The highest BCUT2D eigenvalue weighted by Crippen LogP contribution is 2.37. The summed E-state index contributed by atoms with van der Waals surface area (Å²) in [4.78, 5) is 3.99. The smallest absolute Gasteiger partial charge is 0.159 e. The summed E-state index contributed by atoms with van der Waals surface area (Å²) in [6, 6.07) is 0. The van der Waals surface area contributed by atoms with Crippen LogP contribution in [0.3, 0.4) is 0 Å². The molecule has 15 heavy (non-hydrogen) atoms. The zero-order chi connectivity index (χ0) is 10.7. The van der Waals surface area contributed by atoms with E-state index in [1.807, 2.05) is 10.8 Å². The van der Waals surface area contributed by atoms with Crippen molar-refractivity contribution >= 4 is 5.84 Å². The van der Waals surface area contributed by atoms with E-state index in [4.69, 9.17) is 5.21 Å². The van der Waals surface area contributed by atoms with E-state index < -0.39 is 0 Å². The lowest BCUT2D eigenvalue weighted by Gasteiger charge is -2.33. The molecule has 1 saturated carbocycles. The maximum atomic E-state index is 9.15. The molecule has 0 radical (unpaired) electrons. The number of rotatable bonds is 1. The van der Waals surface area contributed by atoms with Gasteiger partial charge in [0, 0.05) is 17.8 Å². The second kappa shape index (κ2) is 4.04. The normalized spacial score (nSPS) is 21.5. The Hall–Kier alpha value is -1.32. The van der Waals surface area contributed by atoms with Gasteiger partial charge < -0.3 is 5.21 Å². The van der Waals surface area contributed by atoms with Crippen molar-refractivity contribution in [2.24, 2.45) is 10.6 Å². The molecule has 0 amide bonds. The molecule has 82 valence electrons. The van der Waals surface area contributed by atoms with Crippen molar-refractivity contribution in [2.45, 2.75) is 39.0 Å². The van der Waals surface area contributed by atoms with Crippen LogP contribution in [0.1, 0.15) is 39.0 Å². The number of nitrogens with zero attached hydrogens (tertiary/aromatic N) is 3. The molecule has 1 aliphatic carbocycles. The van der Waals surface area contributed by atoms with Crippen LogP contribution in [0.4, 0.5) is 0 Å². The fourth-order valence-electron chi connectivity index (χ4n) is 2.42. The topological polar surface area (TPSA) is 50.4 Å². The van der Waals surface area contributed by atoms with Crippen molar-refractivity contribution in [3.63, 3.8) is 0 Å². The van der Waals surface area contributed by atoms with E-state index in [2.05, 4.69) is 17.1 Å². The quantitative estimate of drug-likeness (QED) is 0.333. The fraction of sp³-hybridized carbons (Fsp3) is 0.636. The van der Waals surface area contributed by atoms with E-state index >= 15 is 0 Å². The second-order valence-corrected chi connectivity index (χ2v) is 4.51. The molecule has 1 aromatic rings. The van der Waals surface area contributed by atoms with Gasteiger partial charge in [-0.25, -0.2) is 4.98 Å². The first-order chi connectivity index (χ1) is 7.26. The van der Waals surface area contributed by atoms with E-state index in [1.54, 1.807) is 12.5 Å². The van der Waals surface area contributed by atoms with Gasteiger partial charge in [0.15, 0.2) is 5.84 Å². The van der Waals surface area contributed by atoms with Gasteiger partial charge in [0.05, 0.1) is 0 Å². The Morgan fingerprint density at radius 3 is 2.67 bits per heavy atom. The van der Waals surface area contributed by atoms with Gasteiger partial charge in [-0.05, 0) is 12.8 Å². The monoisotopic (exact) mass is 207 g/mol. The Bertz CT molecular complexity index is 337. The van der Waals surface area contributed by atoms with Crippen molar-refractivity contribution in [2.75, 3.05) is 0 Å². The van der Waals surface area contributed by atoms with Crippen LogP contribution < -0.4 is 0 Å². The van der Waals surface area contributed by atoms with Gasteiger partial charge in [-0.15, -0.1) is 0 Å². The molecular formula is C11H17N3O. The van der Waals surface area contributed by atoms with Crippen molar-refractivity contribution in [1.29, 1.82) is 0 Å². The number of hydrogen-bond donors (Lipinski definition) is 1. The molecule has 4 nitrogen and oxygen atoms in total. The van der Waals surface area contributed by atoms with Crippen LogP contribution in [0.15, 0.2) is 23.9 Å². The van der Waals surface area contributed by atoms with Crippen LogP contribution >= 0.6 is 0 Å². The molecule has 0 atom stereocenters. The molecule has 0 unspecified atom stereocenters. The van der Waals surface area contributed by atoms with Crippen molar-refractivity contribution in [1.82, 2.24) is 9.55 Å². The van der Waals surface area contributed by atoms with Gasteiger partial charge in [-0.2, -0.15) is 0 Å². The summed E-state index contributed by atoms with van der Waals surface area (Å²) in [6.07, 6.45) is 11.1. The highest BCUT2D eigenvalue weighted by atomic mass is 16.4. The Morgan fingerprint density at radius 1 is 1.40 bits per heavy atom. The summed E-state index contributed by atoms with van der Waals surface area (Å²) in [5.41, 5.74) is -0.00625. The average molecular weight is 207 g/mol. The third-order valence-electron chi connectivity index (χ3n) is 3.34. The summed E-state index contributed by atoms with van der Waals surface area (Å²) in [6.45, 7) is 2.17. The minimum atomic E-state index is -0.00625. The summed E-state index contributed by atoms with van der Waals surface area (Å²) in [5, 5.41) is 12.6. The zero-order valence-electron chi connectivity index (χ0n) is 9.06. The molecule has 1 aromatic heterocycles. The highest BCUT2D eigenvalue weighted by molar-refractivity contribution is 5.89. The molecule has 4 heteroatoms. The molecule has 0 bridgehead atoms. The maximum Gasteiger partial charge on any atom is 0.159 e. The molecule has 1 heterocycles. The third kappa shape index (κ3) is 1.89. The van der Waals surface area contributed by atoms with Gasteiger partial charge in [-0.1, -0.05) is 31.3 Å². The first kappa shape index (κ1) is 10.2. The molecular weight excluding hydrogens is 190 g/mol. The largest absolute Gasteiger partial charge is 0.409 e. The highest BCUT2D eigenvalue weighted by Gasteiger charge is 2.34. The number of hydrogen-bond acceptors (Lipinski definition) is 3. The lowest BCUT2D eigenvalue weighted by molar-refractivity contribution is 0.269. The zero-order valence-corrected chi connectivity index (χ0v) is 9.06. The summed E-state index contributed by atoms with van der Waals surface area (Å²) in [5.74, 6) is 0.722. The van der Waals surface area contributed by atoms with Crippen molar-refractivity contribution < 1.29 is 5.21 Å². The standard InChI is InChI=1S/C11H17N3O/c1-11(5-3-2-4-6-11)10(13-15)14-8-7-12-9-14/h7-9,15H,2-6H2,1H3/b13-10-.